The molecule has 1 heterocycles. The maximum atomic E-state index is 13.4. The summed E-state index contributed by atoms with van der Waals surface area (Å²) in [6, 6.07) is 17.3. The third kappa shape index (κ3) is 6.04. The molecule has 0 saturated carbocycles. The molecule has 1 amide bonds. The number of anilines is 1. The Morgan fingerprint density at radius 1 is 1.12 bits per heavy atom. The van der Waals surface area contributed by atoms with Gasteiger partial charge in [-0.3, -0.25) is 4.79 Å². The van der Waals surface area contributed by atoms with Gasteiger partial charge in [-0.2, -0.15) is 0 Å². The van der Waals surface area contributed by atoms with Crippen LogP contribution in [0.15, 0.2) is 65.6 Å². The van der Waals surface area contributed by atoms with Gasteiger partial charge in [0.25, 0.3) is 5.91 Å². The molecular formula is C26H24ClFN2O3S. The highest BCUT2D eigenvalue weighted by molar-refractivity contribution is 8.05. The zero-order valence-corrected chi connectivity index (χ0v) is 20.3. The van der Waals surface area contributed by atoms with E-state index in [1.807, 2.05) is 50.3 Å². The van der Waals surface area contributed by atoms with Gasteiger partial charge in [0.15, 0.2) is 17.0 Å². The summed E-state index contributed by atoms with van der Waals surface area (Å²) in [7, 11) is 0. The van der Waals surface area contributed by atoms with Gasteiger partial charge >= 0.3 is 0 Å². The lowest BCUT2D eigenvalue weighted by Gasteiger charge is -2.15. The van der Waals surface area contributed by atoms with Gasteiger partial charge in [0.2, 0.25) is 0 Å². The molecular weight excluding hydrogens is 475 g/mol. The topological polar surface area (TPSA) is 59.6 Å². The maximum absolute atomic E-state index is 13.4. The molecule has 5 nitrogen and oxygen atoms in total. The number of hydrogen-bond acceptors (Lipinski definition) is 5. The van der Waals surface area contributed by atoms with Crippen LogP contribution in [0.3, 0.4) is 0 Å². The van der Waals surface area contributed by atoms with E-state index in [1.54, 1.807) is 18.2 Å². The lowest BCUT2D eigenvalue weighted by atomic mass is 10.2. The van der Waals surface area contributed by atoms with Crippen LogP contribution in [-0.2, 0) is 11.4 Å². The first kappa shape index (κ1) is 24.0. The van der Waals surface area contributed by atoms with E-state index in [2.05, 4.69) is 10.6 Å². The molecule has 2 N–H and O–H groups in total. The van der Waals surface area contributed by atoms with Gasteiger partial charge in [-0.05, 0) is 79.1 Å². The fourth-order valence-electron chi connectivity index (χ4n) is 3.44. The van der Waals surface area contributed by atoms with Gasteiger partial charge in [-0.15, -0.1) is 0 Å². The molecule has 0 radical (unpaired) electrons. The molecule has 0 bridgehead atoms. The Kier molecular flexibility index (Phi) is 7.65. The van der Waals surface area contributed by atoms with E-state index in [4.69, 9.17) is 21.1 Å². The van der Waals surface area contributed by atoms with Gasteiger partial charge < -0.3 is 20.1 Å². The van der Waals surface area contributed by atoms with Crippen LogP contribution in [0.2, 0.25) is 5.02 Å². The SMILES string of the molecule is CCOc1cc(/C=C2\SC(Nc3ccc(Cl)cc3C)NC2=O)ccc1OCc1cccc(F)c1. The minimum absolute atomic E-state index is 0.154. The number of ether oxygens (including phenoxy) is 2. The molecule has 1 aliphatic heterocycles. The van der Waals surface area contributed by atoms with Crippen LogP contribution in [0.1, 0.15) is 23.6 Å². The summed E-state index contributed by atoms with van der Waals surface area (Å²) >= 11 is 7.43. The number of rotatable bonds is 8. The predicted octanol–water partition coefficient (Wildman–Crippen LogP) is 6.36. The van der Waals surface area contributed by atoms with Crippen LogP contribution < -0.4 is 20.1 Å². The molecule has 1 fully saturated rings. The number of benzene rings is 3. The smallest absolute Gasteiger partial charge is 0.260 e. The Balaban J connectivity index is 1.47. The molecule has 1 saturated heterocycles. The molecule has 1 atom stereocenters. The van der Waals surface area contributed by atoms with Crippen molar-refractivity contribution in [3.05, 3.63) is 93.1 Å². The van der Waals surface area contributed by atoms with E-state index in [9.17, 15) is 9.18 Å². The molecule has 0 aliphatic carbocycles. The number of thioether (sulfide) groups is 1. The third-order valence-corrected chi connectivity index (χ3v) is 6.32. The second kappa shape index (κ2) is 10.8. The summed E-state index contributed by atoms with van der Waals surface area (Å²) < 4.78 is 25.0. The third-order valence-electron chi connectivity index (χ3n) is 5.05. The molecule has 3 aromatic carbocycles. The van der Waals surface area contributed by atoms with Crippen molar-refractivity contribution in [1.82, 2.24) is 5.32 Å². The number of hydrogen-bond donors (Lipinski definition) is 2. The van der Waals surface area contributed by atoms with Crippen molar-refractivity contribution >= 4 is 41.0 Å². The normalized spacial score (nSPS) is 16.4. The number of carbonyl (C=O) groups excluding carboxylic acids is 1. The van der Waals surface area contributed by atoms with E-state index in [0.29, 0.717) is 28.0 Å². The van der Waals surface area contributed by atoms with Crippen LogP contribution in [-0.4, -0.2) is 18.0 Å². The number of aryl methyl sites for hydroxylation is 1. The second-order valence-corrected chi connectivity index (χ2v) is 9.22. The predicted molar refractivity (Wildman–Crippen MR) is 136 cm³/mol. The first-order valence-corrected chi connectivity index (χ1v) is 12.0. The molecule has 0 spiro atoms. The monoisotopic (exact) mass is 498 g/mol. The largest absolute Gasteiger partial charge is 0.490 e. The molecule has 3 aromatic rings. The summed E-state index contributed by atoms with van der Waals surface area (Å²) in [5, 5.41) is 6.92. The number of nitrogens with one attached hydrogen (secondary N) is 2. The Labute approximate surface area is 207 Å². The number of halogens is 2. The van der Waals surface area contributed by atoms with Crippen molar-refractivity contribution in [3.8, 4) is 11.5 Å². The zero-order chi connectivity index (χ0) is 24.1. The van der Waals surface area contributed by atoms with E-state index in [1.165, 1.54) is 23.9 Å². The molecule has 0 aromatic heterocycles. The number of carbonyl (C=O) groups is 1. The highest BCUT2D eigenvalue weighted by Gasteiger charge is 2.27. The number of amides is 1. The average molecular weight is 499 g/mol. The minimum Gasteiger partial charge on any atom is -0.490 e. The van der Waals surface area contributed by atoms with Crippen molar-refractivity contribution in [2.24, 2.45) is 0 Å². The summed E-state index contributed by atoms with van der Waals surface area (Å²) in [5.41, 5.74) is 3.14. The van der Waals surface area contributed by atoms with Gasteiger partial charge in [0.05, 0.1) is 11.5 Å². The van der Waals surface area contributed by atoms with Crippen molar-refractivity contribution in [2.45, 2.75) is 26.0 Å². The standard InChI is InChI=1S/C26H24ClFN2O3S/c1-3-32-23-13-17(7-10-22(23)33-15-18-5-4-6-20(28)12-18)14-24-25(31)30-26(34-24)29-21-9-8-19(27)11-16(21)2/h4-14,26,29H,3,15H2,1-2H3,(H,30,31)/b24-14-. The van der Waals surface area contributed by atoms with Crippen LogP contribution in [0, 0.1) is 12.7 Å². The van der Waals surface area contributed by atoms with Crippen LogP contribution >= 0.6 is 23.4 Å². The van der Waals surface area contributed by atoms with Crippen LogP contribution in [0.5, 0.6) is 11.5 Å². The Morgan fingerprint density at radius 2 is 1.97 bits per heavy atom. The van der Waals surface area contributed by atoms with E-state index >= 15 is 0 Å². The van der Waals surface area contributed by atoms with Crippen molar-refractivity contribution in [2.75, 3.05) is 11.9 Å². The van der Waals surface area contributed by atoms with E-state index in [-0.39, 0.29) is 23.8 Å². The quantitative estimate of drug-likeness (QED) is 0.354. The Hall–Kier alpha value is -3.16. The maximum Gasteiger partial charge on any atom is 0.260 e. The Morgan fingerprint density at radius 3 is 2.74 bits per heavy atom. The summed E-state index contributed by atoms with van der Waals surface area (Å²) in [6.45, 7) is 4.52. The van der Waals surface area contributed by atoms with Gasteiger partial charge in [0.1, 0.15) is 12.4 Å². The molecule has 4 rings (SSSR count). The first-order valence-electron chi connectivity index (χ1n) is 10.8. The van der Waals surface area contributed by atoms with Gasteiger partial charge in [-0.25, -0.2) is 4.39 Å². The molecule has 1 unspecified atom stereocenters. The van der Waals surface area contributed by atoms with Crippen molar-refractivity contribution < 1.29 is 18.7 Å². The molecule has 1 aliphatic rings. The van der Waals surface area contributed by atoms with E-state index < -0.39 is 0 Å². The fourth-order valence-corrected chi connectivity index (χ4v) is 4.64. The lowest BCUT2D eigenvalue weighted by molar-refractivity contribution is -0.116. The summed E-state index contributed by atoms with van der Waals surface area (Å²) in [4.78, 5) is 13.1. The fraction of sp³-hybridized carbons (Fsp3) is 0.192. The molecule has 176 valence electrons. The minimum atomic E-state index is -0.306. The first-order chi connectivity index (χ1) is 16.4. The summed E-state index contributed by atoms with van der Waals surface area (Å²) in [6.07, 6.45) is 1.81. The Bertz CT molecular complexity index is 1230. The van der Waals surface area contributed by atoms with Crippen LogP contribution in [0.4, 0.5) is 10.1 Å². The zero-order valence-electron chi connectivity index (χ0n) is 18.7. The lowest BCUT2D eigenvalue weighted by Crippen LogP contribution is -2.31. The molecule has 8 heteroatoms. The van der Waals surface area contributed by atoms with Crippen LogP contribution in [0.25, 0.3) is 6.08 Å². The van der Waals surface area contributed by atoms with E-state index in [0.717, 1.165) is 22.4 Å². The van der Waals surface area contributed by atoms with Gasteiger partial charge in [-0.1, -0.05) is 41.6 Å². The average Bonchev–Trinajstić information content (AvgIpc) is 3.14. The highest BCUT2D eigenvalue weighted by atomic mass is 35.5. The summed E-state index contributed by atoms with van der Waals surface area (Å²) in [5.74, 6) is 0.649. The van der Waals surface area contributed by atoms with Crippen molar-refractivity contribution in [3.63, 3.8) is 0 Å². The highest BCUT2D eigenvalue weighted by Crippen LogP contribution is 2.34. The van der Waals surface area contributed by atoms with Gasteiger partial charge in [0, 0.05) is 10.7 Å². The molecule has 34 heavy (non-hydrogen) atoms. The van der Waals surface area contributed by atoms with Crippen molar-refractivity contribution in [1.29, 1.82) is 0 Å². The second-order valence-electron chi connectivity index (χ2n) is 7.64.